The molecule has 0 fully saturated rings. The smallest absolute Gasteiger partial charge is 0.239 e. The molecule has 112 valence electrons. The Bertz CT molecular complexity index is 604. The third kappa shape index (κ3) is 3.86. The Morgan fingerprint density at radius 1 is 1.33 bits per heavy atom. The van der Waals surface area contributed by atoms with Gasteiger partial charge in [-0.15, -0.1) is 0 Å². The Balaban J connectivity index is 1.95. The molecule has 5 heteroatoms. The van der Waals surface area contributed by atoms with Crippen LogP contribution in [-0.4, -0.2) is 29.0 Å². The summed E-state index contributed by atoms with van der Waals surface area (Å²) < 4.78 is 5.22. The molecule has 1 aromatic carbocycles. The van der Waals surface area contributed by atoms with E-state index in [1.165, 1.54) is 0 Å². The fourth-order valence-corrected chi connectivity index (χ4v) is 2.17. The maximum Gasteiger partial charge on any atom is 0.239 e. The lowest BCUT2D eigenvalue weighted by Gasteiger charge is -2.21. The highest BCUT2D eigenvalue weighted by molar-refractivity contribution is 5.81. The zero-order valence-electron chi connectivity index (χ0n) is 12.2. The first-order valence-electron chi connectivity index (χ1n) is 6.79. The molecule has 3 N–H and O–H groups in total. The molecule has 0 bridgehead atoms. The fraction of sp³-hybridized carbons (Fsp3) is 0.312. The second-order valence-electron chi connectivity index (χ2n) is 5.17. The first-order valence-corrected chi connectivity index (χ1v) is 6.79. The normalized spacial score (nSPS) is 12.1. The molecule has 2 rings (SSSR count). The third-order valence-electron chi connectivity index (χ3n) is 3.46. The van der Waals surface area contributed by atoms with Crippen LogP contribution in [0.4, 0.5) is 0 Å². The van der Waals surface area contributed by atoms with E-state index in [2.05, 4.69) is 0 Å². The Labute approximate surface area is 124 Å². The van der Waals surface area contributed by atoms with Crippen LogP contribution in [0.25, 0.3) is 0 Å². The van der Waals surface area contributed by atoms with Gasteiger partial charge in [0.15, 0.2) is 0 Å². The van der Waals surface area contributed by atoms with Gasteiger partial charge in [-0.2, -0.15) is 0 Å². The quantitative estimate of drug-likeness (QED) is 0.879. The number of aryl methyl sites for hydroxylation is 1. The summed E-state index contributed by atoms with van der Waals surface area (Å²) in [5.41, 5.74) is 7.87. The maximum absolute atomic E-state index is 12.3. The lowest BCUT2D eigenvalue weighted by atomic mass is 10.1. The number of hydrogen-bond donors (Lipinski definition) is 2. The van der Waals surface area contributed by atoms with Crippen LogP contribution in [-0.2, 0) is 17.8 Å². The number of amides is 1. The van der Waals surface area contributed by atoms with Crippen molar-refractivity contribution >= 4 is 5.91 Å². The van der Waals surface area contributed by atoms with Crippen LogP contribution < -0.4 is 5.73 Å². The van der Waals surface area contributed by atoms with E-state index in [1.807, 2.05) is 13.0 Å². The lowest BCUT2D eigenvalue weighted by Crippen LogP contribution is -2.42. The predicted octanol–water partition coefficient (Wildman–Crippen LogP) is 1.82. The summed E-state index contributed by atoms with van der Waals surface area (Å²) in [6, 6.07) is 7.96. The summed E-state index contributed by atoms with van der Waals surface area (Å²) in [4.78, 5) is 13.9. The average Bonchev–Trinajstić information content (AvgIpc) is 2.86. The third-order valence-corrected chi connectivity index (χ3v) is 3.46. The molecule has 5 nitrogen and oxygen atoms in total. The van der Waals surface area contributed by atoms with Gasteiger partial charge in [0.2, 0.25) is 5.91 Å². The van der Waals surface area contributed by atoms with E-state index in [1.54, 1.807) is 42.5 Å². The molecule has 1 heterocycles. The number of phenols is 1. The predicted molar refractivity (Wildman–Crippen MR) is 79.7 cm³/mol. The van der Waals surface area contributed by atoms with Gasteiger partial charge in [0.05, 0.1) is 12.3 Å². The van der Waals surface area contributed by atoms with E-state index < -0.39 is 6.04 Å². The van der Waals surface area contributed by atoms with E-state index in [0.717, 1.165) is 16.9 Å². The molecule has 0 radical (unpaired) electrons. The summed E-state index contributed by atoms with van der Waals surface area (Å²) in [7, 11) is 1.73. The molecule has 1 atom stereocenters. The lowest BCUT2D eigenvalue weighted by molar-refractivity contribution is -0.131. The van der Waals surface area contributed by atoms with Gasteiger partial charge >= 0.3 is 0 Å². The zero-order chi connectivity index (χ0) is 15.4. The number of nitrogens with zero attached hydrogens (tertiary/aromatic N) is 1. The van der Waals surface area contributed by atoms with E-state index in [9.17, 15) is 9.90 Å². The minimum Gasteiger partial charge on any atom is -0.508 e. The van der Waals surface area contributed by atoms with Crippen LogP contribution in [0.15, 0.2) is 41.0 Å². The number of carbonyl (C=O) groups is 1. The number of hydrogen-bond acceptors (Lipinski definition) is 4. The van der Waals surface area contributed by atoms with Crippen molar-refractivity contribution < 1.29 is 14.3 Å². The van der Waals surface area contributed by atoms with Gasteiger partial charge in [0, 0.05) is 19.2 Å². The molecule has 0 aliphatic heterocycles. The summed E-state index contributed by atoms with van der Waals surface area (Å²) in [5.74, 6) is 0.886. The number of likely N-dealkylation sites (N-methyl/N-ethyl adjacent to an activating group) is 1. The van der Waals surface area contributed by atoms with Crippen LogP contribution in [0.3, 0.4) is 0 Å². The van der Waals surface area contributed by atoms with Crippen molar-refractivity contribution in [2.45, 2.75) is 25.9 Å². The monoisotopic (exact) mass is 288 g/mol. The molecule has 1 aromatic heterocycles. The summed E-state index contributed by atoms with van der Waals surface area (Å²) in [6.07, 6.45) is 2.05. The first kappa shape index (κ1) is 15.1. The van der Waals surface area contributed by atoms with Crippen molar-refractivity contribution in [1.82, 2.24) is 4.90 Å². The molecule has 21 heavy (non-hydrogen) atoms. The largest absolute Gasteiger partial charge is 0.508 e. The summed E-state index contributed by atoms with van der Waals surface area (Å²) >= 11 is 0. The van der Waals surface area contributed by atoms with Gasteiger partial charge < -0.3 is 20.2 Å². The highest BCUT2D eigenvalue weighted by atomic mass is 16.3. The number of benzene rings is 1. The molecule has 2 aromatic rings. The minimum absolute atomic E-state index is 0.122. The van der Waals surface area contributed by atoms with Gasteiger partial charge in [-0.3, -0.25) is 4.79 Å². The Morgan fingerprint density at radius 3 is 2.57 bits per heavy atom. The Morgan fingerprint density at radius 2 is 2.00 bits per heavy atom. The van der Waals surface area contributed by atoms with Crippen LogP contribution in [0, 0.1) is 6.92 Å². The molecular formula is C16H20N2O3. The van der Waals surface area contributed by atoms with E-state index >= 15 is 0 Å². The van der Waals surface area contributed by atoms with Crippen molar-refractivity contribution in [2.75, 3.05) is 7.05 Å². The van der Waals surface area contributed by atoms with Gasteiger partial charge in [-0.25, -0.2) is 0 Å². The highest BCUT2D eigenvalue weighted by Gasteiger charge is 2.19. The molecule has 0 saturated heterocycles. The second-order valence-corrected chi connectivity index (χ2v) is 5.17. The molecule has 0 spiro atoms. The molecule has 0 aliphatic carbocycles. The highest BCUT2D eigenvalue weighted by Crippen LogP contribution is 2.14. The number of aromatic hydroxyl groups is 1. The van der Waals surface area contributed by atoms with Crippen LogP contribution in [0.2, 0.25) is 0 Å². The van der Waals surface area contributed by atoms with E-state index in [-0.39, 0.29) is 11.7 Å². The molecule has 1 amide bonds. The fourth-order valence-electron chi connectivity index (χ4n) is 2.17. The van der Waals surface area contributed by atoms with Crippen LogP contribution >= 0.6 is 0 Å². The summed E-state index contributed by atoms with van der Waals surface area (Å²) in [6.45, 7) is 2.34. The van der Waals surface area contributed by atoms with Crippen LogP contribution in [0.5, 0.6) is 5.75 Å². The Kier molecular flexibility index (Phi) is 4.65. The van der Waals surface area contributed by atoms with Crippen molar-refractivity contribution in [3.8, 4) is 5.75 Å². The van der Waals surface area contributed by atoms with Gasteiger partial charge in [0.1, 0.15) is 11.5 Å². The summed E-state index contributed by atoms with van der Waals surface area (Å²) in [5, 5.41) is 9.24. The van der Waals surface area contributed by atoms with Gasteiger partial charge in [-0.1, -0.05) is 12.1 Å². The van der Waals surface area contributed by atoms with Crippen molar-refractivity contribution in [3.05, 3.63) is 53.5 Å². The maximum atomic E-state index is 12.3. The zero-order valence-corrected chi connectivity index (χ0v) is 12.2. The average molecular weight is 288 g/mol. The Hall–Kier alpha value is -2.27. The van der Waals surface area contributed by atoms with Crippen molar-refractivity contribution in [1.29, 1.82) is 0 Å². The topological polar surface area (TPSA) is 79.7 Å². The standard InChI is InChI=1S/C16H20N2O3/c1-11-13(7-8-21-11)10-18(2)16(20)15(17)9-12-3-5-14(19)6-4-12/h3-8,15,19H,9-10,17H2,1-2H3. The van der Waals surface area contributed by atoms with Crippen molar-refractivity contribution in [3.63, 3.8) is 0 Å². The SMILES string of the molecule is Cc1occc1CN(C)C(=O)C(N)Cc1ccc(O)cc1. The van der Waals surface area contributed by atoms with E-state index in [4.69, 9.17) is 10.2 Å². The van der Waals surface area contributed by atoms with Crippen molar-refractivity contribution in [2.24, 2.45) is 5.73 Å². The van der Waals surface area contributed by atoms with Gasteiger partial charge in [0.25, 0.3) is 0 Å². The number of rotatable bonds is 5. The second kappa shape index (κ2) is 6.45. The molecule has 1 unspecified atom stereocenters. The number of carbonyl (C=O) groups excluding carboxylic acids is 1. The number of furan rings is 1. The van der Waals surface area contributed by atoms with Crippen LogP contribution in [0.1, 0.15) is 16.9 Å². The first-order chi connectivity index (χ1) is 9.97. The molecule has 0 aliphatic rings. The number of nitrogens with two attached hydrogens (primary N) is 1. The molecular weight excluding hydrogens is 268 g/mol. The molecule has 0 saturated carbocycles. The number of phenolic OH excluding ortho intramolecular Hbond substituents is 1. The van der Waals surface area contributed by atoms with Gasteiger partial charge in [-0.05, 0) is 37.1 Å². The minimum atomic E-state index is -0.605. The van der Waals surface area contributed by atoms with E-state index in [0.29, 0.717) is 13.0 Å².